The first-order valence-corrected chi connectivity index (χ1v) is 9.36. The van der Waals surface area contributed by atoms with Gasteiger partial charge in [0.25, 0.3) is 0 Å². The van der Waals surface area contributed by atoms with Crippen molar-refractivity contribution in [3.63, 3.8) is 0 Å². The van der Waals surface area contributed by atoms with Crippen LogP contribution in [0.2, 0.25) is 0 Å². The molecule has 1 aromatic heterocycles. The van der Waals surface area contributed by atoms with Gasteiger partial charge < -0.3 is 15.0 Å². The van der Waals surface area contributed by atoms with Crippen LogP contribution in [0.3, 0.4) is 0 Å². The number of nitrogens with one attached hydrogen (secondary N) is 1. The molecule has 0 aliphatic rings. The second-order valence-corrected chi connectivity index (χ2v) is 7.07. The number of imidazole rings is 1. The molecule has 0 radical (unpaired) electrons. The van der Waals surface area contributed by atoms with Crippen molar-refractivity contribution in [2.75, 3.05) is 6.54 Å². The third-order valence-corrected chi connectivity index (χ3v) is 4.98. The maximum atomic E-state index is 13.7. The summed E-state index contributed by atoms with van der Waals surface area (Å²) in [6.45, 7) is 0.0847. The van der Waals surface area contributed by atoms with Gasteiger partial charge in [0.05, 0.1) is 6.42 Å². The Morgan fingerprint density at radius 3 is 2.03 bits per heavy atom. The molecule has 1 unspecified atom stereocenters. The standard InChI is InChI=1S/C22H22F3N3O2/c1-28-13-12-26-20(28)21(30,22(23,24)25)14-19(29)27-15-18(16-8-4-2-5-9-16)17-10-6-3-7-11-17/h2-13,18,30H,14-15H2,1H3,(H,27,29). The molecule has 0 aliphatic carbocycles. The number of hydrogen-bond donors (Lipinski definition) is 2. The van der Waals surface area contributed by atoms with Crippen LogP contribution in [0, 0.1) is 0 Å². The molecule has 0 bridgehead atoms. The number of aryl methyl sites for hydroxylation is 1. The molecule has 0 spiro atoms. The summed E-state index contributed by atoms with van der Waals surface area (Å²) < 4.78 is 42.0. The van der Waals surface area contributed by atoms with E-state index in [0.717, 1.165) is 21.9 Å². The highest BCUT2D eigenvalue weighted by molar-refractivity contribution is 5.77. The van der Waals surface area contributed by atoms with Gasteiger partial charge >= 0.3 is 6.18 Å². The van der Waals surface area contributed by atoms with E-state index in [1.165, 1.54) is 13.2 Å². The van der Waals surface area contributed by atoms with Crippen LogP contribution in [0.5, 0.6) is 0 Å². The molecule has 3 rings (SSSR count). The average molecular weight is 417 g/mol. The van der Waals surface area contributed by atoms with Crippen molar-refractivity contribution in [1.29, 1.82) is 0 Å². The summed E-state index contributed by atoms with van der Waals surface area (Å²) in [4.78, 5) is 16.1. The molecule has 1 heterocycles. The van der Waals surface area contributed by atoms with E-state index < -0.39 is 29.9 Å². The van der Waals surface area contributed by atoms with E-state index in [-0.39, 0.29) is 12.5 Å². The van der Waals surface area contributed by atoms with Crippen LogP contribution in [0.1, 0.15) is 29.3 Å². The Bertz CT molecular complexity index is 935. The maximum absolute atomic E-state index is 13.7. The monoisotopic (exact) mass is 417 g/mol. The van der Waals surface area contributed by atoms with Gasteiger partial charge in [-0.05, 0) is 11.1 Å². The van der Waals surface area contributed by atoms with Gasteiger partial charge in [0, 0.05) is 31.9 Å². The summed E-state index contributed by atoms with van der Waals surface area (Å²) in [5.74, 6) is -1.80. The minimum Gasteiger partial charge on any atom is -0.374 e. The number of rotatable bonds is 7. The van der Waals surface area contributed by atoms with Crippen LogP contribution < -0.4 is 5.32 Å². The highest BCUT2D eigenvalue weighted by Gasteiger charge is 2.58. The molecule has 3 aromatic rings. The minimum absolute atomic E-state index is 0.0847. The lowest BCUT2D eigenvalue weighted by Gasteiger charge is -2.29. The largest absolute Gasteiger partial charge is 0.425 e. The lowest BCUT2D eigenvalue weighted by Crippen LogP contribution is -2.48. The fraction of sp³-hybridized carbons (Fsp3) is 0.273. The third-order valence-electron chi connectivity index (χ3n) is 4.98. The van der Waals surface area contributed by atoms with Crippen molar-refractivity contribution >= 4 is 5.91 Å². The number of amides is 1. The first kappa shape index (κ1) is 21.6. The number of nitrogens with zero attached hydrogens (tertiary/aromatic N) is 2. The van der Waals surface area contributed by atoms with Crippen molar-refractivity contribution in [2.24, 2.45) is 7.05 Å². The second-order valence-electron chi connectivity index (χ2n) is 7.07. The Morgan fingerprint density at radius 1 is 1.07 bits per heavy atom. The lowest BCUT2D eigenvalue weighted by molar-refractivity contribution is -0.271. The Labute approximate surface area is 172 Å². The van der Waals surface area contributed by atoms with Gasteiger partial charge in [-0.1, -0.05) is 60.7 Å². The maximum Gasteiger partial charge on any atom is 0.425 e. The number of carbonyl (C=O) groups is 1. The summed E-state index contributed by atoms with van der Waals surface area (Å²) >= 11 is 0. The quantitative estimate of drug-likeness (QED) is 0.618. The van der Waals surface area contributed by atoms with E-state index in [9.17, 15) is 23.1 Å². The predicted molar refractivity (Wildman–Crippen MR) is 106 cm³/mol. The number of hydrogen-bond acceptors (Lipinski definition) is 3. The van der Waals surface area contributed by atoms with E-state index >= 15 is 0 Å². The molecule has 8 heteroatoms. The molecule has 0 aliphatic heterocycles. The van der Waals surface area contributed by atoms with E-state index in [4.69, 9.17) is 0 Å². The number of alkyl halides is 3. The summed E-state index contributed by atoms with van der Waals surface area (Å²) in [6, 6.07) is 18.7. The molecule has 0 fully saturated rings. The van der Waals surface area contributed by atoms with Gasteiger partial charge in [0.15, 0.2) is 5.82 Å². The van der Waals surface area contributed by atoms with E-state index in [1.807, 2.05) is 60.7 Å². The first-order chi connectivity index (χ1) is 14.2. The van der Waals surface area contributed by atoms with Crippen molar-refractivity contribution in [3.8, 4) is 0 Å². The minimum atomic E-state index is -5.07. The van der Waals surface area contributed by atoms with Crippen LogP contribution in [-0.4, -0.2) is 33.3 Å². The van der Waals surface area contributed by atoms with Crippen molar-refractivity contribution in [2.45, 2.75) is 24.1 Å². The van der Waals surface area contributed by atoms with Crippen molar-refractivity contribution in [3.05, 3.63) is 90.0 Å². The van der Waals surface area contributed by atoms with E-state index in [0.29, 0.717) is 0 Å². The van der Waals surface area contributed by atoms with Crippen LogP contribution in [-0.2, 0) is 17.4 Å². The highest BCUT2D eigenvalue weighted by Crippen LogP contribution is 2.40. The zero-order chi connectivity index (χ0) is 21.8. The fourth-order valence-electron chi connectivity index (χ4n) is 3.38. The first-order valence-electron chi connectivity index (χ1n) is 9.36. The Morgan fingerprint density at radius 2 is 1.60 bits per heavy atom. The Balaban J connectivity index is 1.79. The molecule has 0 saturated carbocycles. The summed E-state index contributed by atoms with van der Waals surface area (Å²) in [5.41, 5.74) is -1.55. The third kappa shape index (κ3) is 4.54. The molecule has 2 N–H and O–H groups in total. The SMILES string of the molecule is Cn1ccnc1C(O)(CC(=O)NCC(c1ccccc1)c1ccccc1)C(F)(F)F. The normalized spacial score (nSPS) is 13.8. The van der Waals surface area contributed by atoms with Crippen LogP contribution in [0.4, 0.5) is 13.2 Å². The van der Waals surface area contributed by atoms with E-state index in [2.05, 4.69) is 10.3 Å². The van der Waals surface area contributed by atoms with Gasteiger partial charge in [-0.15, -0.1) is 0 Å². The zero-order valence-electron chi connectivity index (χ0n) is 16.3. The zero-order valence-corrected chi connectivity index (χ0v) is 16.3. The Kier molecular flexibility index (Phi) is 6.26. The van der Waals surface area contributed by atoms with Gasteiger partial charge in [-0.2, -0.15) is 13.2 Å². The van der Waals surface area contributed by atoms with Crippen molar-refractivity contribution < 1.29 is 23.1 Å². The average Bonchev–Trinajstić information content (AvgIpc) is 3.15. The molecule has 0 saturated heterocycles. The number of aromatic nitrogens is 2. The molecule has 1 atom stereocenters. The number of halogens is 3. The number of carbonyl (C=O) groups excluding carboxylic acids is 1. The molecule has 30 heavy (non-hydrogen) atoms. The molecule has 158 valence electrons. The van der Waals surface area contributed by atoms with Gasteiger partial charge in [0.2, 0.25) is 11.5 Å². The molecule has 5 nitrogen and oxygen atoms in total. The molecular formula is C22H22F3N3O2. The van der Waals surface area contributed by atoms with Crippen LogP contribution in [0.25, 0.3) is 0 Å². The van der Waals surface area contributed by atoms with Crippen LogP contribution >= 0.6 is 0 Å². The van der Waals surface area contributed by atoms with Gasteiger partial charge in [-0.3, -0.25) is 4.79 Å². The summed E-state index contributed by atoms with van der Waals surface area (Å²) in [7, 11) is 1.33. The summed E-state index contributed by atoms with van der Waals surface area (Å²) in [5, 5.41) is 12.9. The topological polar surface area (TPSA) is 67.1 Å². The molecule has 2 aromatic carbocycles. The van der Waals surface area contributed by atoms with E-state index in [1.54, 1.807) is 0 Å². The van der Waals surface area contributed by atoms with Gasteiger partial charge in [0.1, 0.15) is 0 Å². The molecular weight excluding hydrogens is 395 g/mol. The second kappa shape index (κ2) is 8.71. The van der Waals surface area contributed by atoms with Gasteiger partial charge in [-0.25, -0.2) is 4.98 Å². The predicted octanol–water partition coefficient (Wildman–Crippen LogP) is 3.51. The summed E-state index contributed by atoms with van der Waals surface area (Å²) in [6.07, 6.45) is -3.82. The van der Waals surface area contributed by atoms with Crippen molar-refractivity contribution in [1.82, 2.24) is 14.9 Å². The Hall–Kier alpha value is -3.13. The lowest BCUT2D eigenvalue weighted by atomic mass is 9.91. The fourth-order valence-corrected chi connectivity index (χ4v) is 3.38. The smallest absolute Gasteiger partial charge is 0.374 e. The number of benzene rings is 2. The highest BCUT2D eigenvalue weighted by atomic mass is 19.4. The molecule has 1 amide bonds. The van der Waals surface area contributed by atoms with Crippen LogP contribution in [0.15, 0.2) is 73.1 Å². The number of aliphatic hydroxyl groups is 1.